The molecule has 0 bridgehead atoms. The zero-order chi connectivity index (χ0) is 15.2. The SMILES string of the molecule is Cc1cn([C@@H]2[C@H](O)[C@H](O)[C@H](O)C(=O)N2C)c(=O)[nH]c1=O. The third-order valence-electron chi connectivity index (χ3n) is 3.41. The van der Waals surface area contributed by atoms with Crippen LogP contribution in [0.1, 0.15) is 11.7 Å². The summed E-state index contributed by atoms with van der Waals surface area (Å²) in [4.78, 5) is 37.8. The Hall–Kier alpha value is -1.97. The van der Waals surface area contributed by atoms with Crippen molar-refractivity contribution >= 4 is 5.91 Å². The van der Waals surface area contributed by atoms with Crippen molar-refractivity contribution in [3.8, 4) is 0 Å². The molecule has 0 unspecified atom stereocenters. The highest BCUT2D eigenvalue weighted by Gasteiger charge is 2.46. The van der Waals surface area contributed by atoms with E-state index in [9.17, 15) is 29.7 Å². The average molecular weight is 285 g/mol. The van der Waals surface area contributed by atoms with Crippen LogP contribution in [-0.2, 0) is 4.79 Å². The molecule has 4 atom stereocenters. The monoisotopic (exact) mass is 285 g/mol. The number of nitrogens with zero attached hydrogens (tertiary/aromatic N) is 2. The lowest BCUT2D eigenvalue weighted by Gasteiger charge is -2.41. The Morgan fingerprint density at radius 1 is 1.15 bits per heavy atom. The molecule has 2 heterocycles. The van der Waals surface area contributed by atoms with Gasteiger partial charge in [-0.25, -0.2) is 4.79 Å². The van der Waals surface area contributed by atoms with Crippen molar-refractivity contribution in [3.05, 3.63) is 32.6 Å². The van der Waals surface area contributed by atoms with Crippen molar-refractivity contribution < 1.29 is 20.1 Å². The third-order valence-corrected chi connectivity index (χ3v) is 3.41. The number of aryl methyl sites for hydroxylation is 1. The van der Waals surface area contributed by atoms with E-state index in [-0.39, 0.29) is 5.56 Å². The molecule has 0 aromatic carbocycles. The van der Waals surface area contributed by atoms with Gasteiger partial charge in [-0.1, -0.05) is 0 Å². The van der Waals surface area contributed by atoms with Gasteiger partial charge in [0.1, 0.15) is 18.4 Å². The molecular formula is C11H15N3O6. The molecule has 1 aliphatic heterocycles. The number of aromatic nitrogens is 2. The number of hydrogen-bond acceptors (Lipinski definition) is 6. The first-order valence-electron chi connectivity index (χ1n) is 5.88. The van der Waals surface area contributed by atoms with Gasteiger partial charge in [0.05, 0.1) is 0 Å². The van der Waals surface area contributed by atoms with Gasteiger partial charge in [0.2, 0.25) is 0 Å². The average Bonchev–Trinajstić information content (AvgIpc) is 2.40. The van der Waals surface area contributed by atoms with Gasteiger partial charge in [-0.2, -0.15) is 0 Å². The minimum Gasteiger partial charge on any atom is -0.387 e. The predicted octanol–water partition coefficient (Wildman–Crippen LogP) is -3.10. The maximum absolute atomic E-state index is 11.8. The molecule has 1 fully saturated rings. The second-order valence-corrected chi connectivity index (χ2v) is 4.77. The van der Waals surface area contributed by atoms with Gasteiger partial charge >= 0.3 is 5.69 Å². The van der Waals surface area contributed by atoms with Crippen LogP contribution in [0, 0.1) is 6.92 Å². The minimum atomic E-state index is -1.76. The molecule has 20 heavy (non-hydrogen) atoms. The van der Waals surface area contributed by atoms with Crippen LogP contribution in [0.25, 0.3) is 0 Å². The Bertz CT molecular complexity index is 650. The molecule has 9 heteroatoms. The van der Waals surface area contributed by atoms with Gasteiger partial charge in [-0.05, 0) is 6.92 Å². The molecule has 2 rings (SSSR count). The number of carbonyl (C=O) groups excluding carboxylic acids is 1. The molecule has 0 radical (unpaired) electrons. The molecular weight excluding hydrogens is 270 g/mol. The molecule has 0 saturated carbocycles. The summed E-state index contributed by atoms with van der Waals surface area (Å²) in [6.45, 7) is 1.46. The van der Waals surface area contributed by atoms with Crippen LogP contribution in [0.4, 0.5) is 0 Å². The van der Waals surface area contributed by atoms with Crippen LogP contribution in [-0.4, -0.2) is 61.0 Å². The van der Waals surface area contributed by atoms with Crippen molar-refractivity contribution in [1.29, 1.82) is 0 Å². The Morgan fingerprint density at radius 3 is 2.35 bits per heavy atom. The maximum Gasteiger partial charge on any atom is 0.330 e. The van der Waals surface area contributed by atoms with Crippen LogP contribution >= 0.6 is 0 Å². The second kappa shape index (κ2) is 4.85. The molecule has 110 valence electrons. The number of H-pyrrole nitrogens is 1. The normalized spacial score (nSPS) is 30.6. The van der Waals surface area contributed by atoms with Gasteiger partial charge in [-0.3, -0.25) is 19.1 Å². The van der Waals surface area contributed by atoms with Crippen LogP contribution in [0.15, 0.2) is 15.8 Å². The predicted molar refractivity (Wildman–Crippen MR) is 65.9 cm³/mol. The zero-order valence-electron chi connectivity index (χ0n) is 10.8. The fourth-order valence-corrected chi connectivity index (χ4v) is 2.21. The molecule has 1 aromatic rings. The van der Waals surface area contributed by atoms with Gasteiger partial charge in [-0.15, -0.1) is 0 Å². The molecule has 1 saturated heterocycles. The highest BCUT2D eigenvalue weighted by Crippen LogP contribution is 2.25. The molecule has 4 N–H and O–H groups in total. The van der Waals surface area contributed by atoms with Crippen molar-refractivity contribution in [2.75, 3.05) is 7.05 Å². The standard InChI is InChI=1S/C11H15N3O6/c1-4-3-14(11(20)12-8(4)18)9-6(16)5(15)7(17)10(19)13(9)2/h3,5-7,9,15-17H,1-2H3,(H,12,18,20)/t5-,6+,7-,9+/m0/s1. The fourth-order valence-electron chi connectivity index (χ4n) is 2.21. The van der Waals surface area contributed by atoms with Crippen molar-refractivity contribution in [2.45, 2.75) is 31.4 Å². The van der Waals surface area contributed by atoms with Crippen LogP contribution in [0.5, 0.6) is 0 Å². The molecule has 1 aromatic heterocycles. The maximum atomic E-state index is 11.8. The molecule has 1 amide bonds. The van der Waals surface area contributed by atoms with E-state index in [0.717, 1.165) is 9.47 Å². The van der Waals surface area contributed by atoms with Gasteiger partial charge in [0.15, 0.2) is 6.10 Å². The van der Waals surface area contributed by atoms with E-state index in [4.69, 9.17) is 0 Å². The molecule has 0 aliphatic carbocycles. The van der Waals surface area contributed by atoms with Gasteiger partial charge in [0.25, 0.3) is 11.5 Å². The van der Waals surface area contributed by atoms with E-state index in [1.165, 1.54) is 20.2 Å². The number of nitrogens with one attached hydrogen (secondary N) is 1. The van der Waals surface area contributed by atoms with E-state index < -0.39 is 41.6 Å². The van der Waals surface area contributed by atoms with E-state index in [1.54, 1.807) is 0 Å². The lowest BCUT2D eigenvalue weighted by molar-refractivity contribution is -0.181. The highest BCUT2D eigenvalue weighted by molar-refractivity contribution is 5.82. The number of aliphatic hydroxyl groups excluding tert-OH is 3. The summed E-state index contributed by atoms with van der Waals surface area (Å²) >= 11 is 0. The number of likely N-dealkylation sites (tertiary alicyclic amines) is 1. The number of carbonyl (C=O) groups is 1. The third kappa shape index (κ3) is 2.05. The van der Waals surface area contributed by atoms with Crippen molar-refractivity contribution in [2.24, 2.45) is 0 Å². The summed E-state index contributed by atoms with van der Waals surface area (Å²) in [5.74, 6) is -0.830. The van der Waals surface area contributed by atoms with E-state index in [1.807, 2.05) is 4.98 Å². The Labute approximate surface area is 112 Å². The number of rotatable bonds is 1. The van der Waals surface area contributed by atoms with E-state index in [2.05, 4.69) is 0 Å². The van der Waals surface area contributed by atoms with Gasteiger partial charge in [0, 0.05) is 18.8 Å². The van der Waals surface area contributed by atoms with Crippen molar-refractivity contribution in [3.63, 3.8) is 0 Å². The number of aliphatic hydroxyl groups is 3. The number of amides is 1. The minimum absolute atomic E-state index is 0.207. The summed E-state index contributed by atoms with van der Waals surface area (Å²) in [7, 11) is 1.28. The molecule has 1 aliphatic rings. The second-order valence-electron chi connectivity index (χ2n) is 4.77. The molecule has 0 spiro atoms. The zero-order valence-corrected chi connectivity index (χ0v) is 10.8. The van der Waals surface area contributed by atoms with Crippen LogP contribution in [0.2, 0.25) is 0 Å². The van der Waals surface area contributed by atoms with Crippen molar-refractivity contribution in [1.82, 2.24) is 14.5 Å². The fraction of sp³-hybridized carbons (Fsp3) is 0.545. The van der Waals surface area contributed by atoms with Gasteiger partial charge < -0.3 is 20.2 Å². The summed E-state index contributed by atoms with van der Waals surface area (Å²) < 4.78 is 0.939. The quantitative estimate of drug-likeness (QED) is 0.431. The van der Waals surface area contributed by atoms with Crippen LogP contribution < -0.4 is 11.2 Å². The lowest BCUT2D eigenvalue weighted by Crippen LogP contribution is -2.62. The number of piperidine rings is 1. The summed E-state index contributed by atoms with van der Waals surface area (Å²) in [6, 6.07) is 0. The topological polar surface area (TPSA) is 136 Å². The summed E-state index contributed by atoms with van der Waals surface area (Å²) in [6.07, 6.45) is -5.09. The first-order chi connectivity index (χ1) is 9.25. The van der Waals surface area contributed by atoms with Crippen LogP contribution in [0.3, 0.4) is 0 Å². The Morgan fingerprint density at radius 2 is 1.75 bits per heavy atom. The largest absolute Gasteiger partial charge is 0.387 e. The highest BCUT2D eigenvalue weighted by atomic mass is 16.4. The lowest BCUT2D eigenvalue weighted by atomic mass is 9.98. The van der Waals surface area contributed by atoms with E-state index >= 15 is 0 Å². The summed E-state index contributed by atoms with van der Waals surface area (Å²) in [5, 5.41) is 29.1. The Kier molecular flexibility index (Phi) is 3.50. The number of likely N-dealkylation sites (N-methyl/N-ethyl adjacent to an activating group) is 1. The first kappa shape index (κ1) is 14.4. The number of aromatic amines is 1. The molecule has 9 nitrogen and oxygen atoms in total. The summed E-state index contributed by atoms with van der Waals surface area (Å²) in [5.41, 5.74) is -1.20. The first-order valence-corrected chi connectivity index (χ1v) is 5.88. The Balaban J connectivity index is 2.56. The number of hydrogen-bond donors (Lipinski definition) is 4. The smallest absolute Gasteiger partial charge is 0.330 e. The van der Waals surface area contributed by atoms with E-state index in [0.29, 0.717) is 0 Å².